The van der Waals surface area contributed by atoms with Crippen molar-refractivity contribution in [2.24, 2.45) is 5.92 Å². The molecule has 6 heteroatoms. The largest absolute Gasteiger partial charge is 0.465 e. The highest BCUT2D eigenvalue weighted by Gasteiger charge is 2.38. The maximum Gasteiger partial charge on any atom is 0.318 e. The number of carbonyl (C=O) groups excluding carboxylic acids is 2. The number of para-hydroxylation sites is 1. The van der Waals surface area contributed by atoms with Gasteiger partial charge in [-0.1, -0.05) is 18.2 Å². The molecule has 0 amide bonds. The molecule has 2 N–H and O–H groups in total. The summed E-state index contributed by atoms with van der Waals surface area (Å²) in [5.74, 6) is -1.45. The number of ketones is 1. The Morgan fingerprint density at radius 1 is 1.35 bits per heavy atom. The molecule has 0 aliphatic carbocycles. The Labute approximate surface area is 141 Å². The number of ether oxygens (including phenoxy) is 1. The molecular formula is C17H21ClN2O3. The second-order valence-electron chi connectivity index (χ2n) is 5.58. The highest BCUT2D eigenvalue weighted by atomic mass is 35.5. The molecule has 0 radical (unpaired) electrons. The van der Waals surface area contributed by atoms with Gasteiger partial charge in [-0.25, -0.2) is 0 Å². The molecule has 2 heterocycles. The summed E-state index contributed by atoms with van der Waals surface area (Å²) in [6, 6.07) is 7.70. The van der Waals surface area contributed by atoms with E-state index in [0.717, 1.165) is 29.6 Å². The fourth-order valence-electron chi connectivity index (χ4n) is 3.26. The summed E-state index contributed by atoms with van der Waals surface area (Å²) in [6.45, 7) is 4.20. The fraction of sp³-hybridized carbons (Fsp3) is 0.412. The van der Waals surface area contributed by atoms with Gasteiger partial charge in [-0.2, -0.15) is 0 Å². The van der Waals surface area contributed by atoms with E-state index in [1.165, 1.54) is 12.5 Å². The van der Waals surface area contributed by atoms with Crippen LogP contribution in [0, 0.1) is 5.92 Å². The quantitative estimate of drug-likeness (QED) is 0.665. The monoisotopic (exact) mass is 336 g/mol. The van der Waals surface area contributed by atoms with Crippen molar-refractivity contribution in [2.75, 3.05) is 13.2 Å². The lowest BCUT2D eigenvalue weighted by atomic mass is 9.88. The smallest absolute Gasteiger partial charge is 0.318 e. The number of hydrogen-bond acceptors (Lipinski definition) is 4. The van der Waals surface area contributed by atoms with Crippen LogP contribution in [0.1, 0.15) is 31.1 Å². The van der Waals surface area contributed by atoms with Crippen LogP contribution in [-0.4, -0.2) is 29.9 Å². The first-order chi connectivity index (χ1) is 10.6. The number of H-pyrrole nitrogens is 1. The first kappa shape index (κ1) is 17.5. The van der Waals surface area contributed by atoms with E-state index in [-0.39, 0.29) is 30.8 Å². The summed E-state index contributed by atoms with van der Waals surface area (Å²) >= 11 is 0. The van der Waals surface area contributed by atoms with Crippen LogP contribution in [0.3, 0.4) is 0 Å². The van der Waals surface area contributed by atoms with E-state index in [2.05, 4.69) is 16.4 Å². The predicted molar refractivity (Wildman–Crippen MR) is 90.8 cm³/mol. The third-order valence-corrected chi connectivity index (χ3v) is 4.21. The van der Waals surface area contributed by atoms with Crippen LogP contribution in [-0.2, 0) is 20.7 Å². The standard InChI is InChI=1S/C17H20N2O3.ClH/c1-3-22-17(21)14(10(2)20)16-15-12(8-9-18-16)11-6-4-5-7-13(11)19-15;/h4-7,14,16,18-19H,3,8-9H2,1-2H3;1H. The lowest BCUT2D eigenvalue weighted by molar-refractivity contribution is -0.152. The number of aromatic amines is 1. The number of nitrogens with one attached hydrogen (secondary N) is 2. The summed E-state index contributed by atoms with van der Waals surface area (Å²) < 4.78 is 5.09. The number of hydrogen-bond donors (Lipinski definition) is 2. The predicted octanol–water partition coefficient (Wildman–Crippen LogP) is 2.54. The SMILES string of the molecule is CCOC(=O)C(C(C)=O)C1NCCc2c1[nH]c1ccccc21.Cl. The number of halogens is 1. The summed E-state index contributed by atoms with van der Waals surface area (Å²) in [6.07, 6.45) is 0.878. The molecule has 2 unspecified atom stereocenters. The van der Waals surface area contributed by atoms with E-state index in [9.17, 15) is 9.59 Å². The van der Waals surface area contributed by atoms with Crippen LogP contribution in [0.2, 0.25) is 0 Å². The molecule has 2 atom stereocenters. The molecule has 0 spiro atoms. The Morgan fingerprint density at radius 3 is 2.78 bits per heavy atom. The van der Waals surface area contributed by atoms with Crippen molar-refractivity contribution in [3.05, 3.63) is 35.5 Å². The molecule has 0 fully saturated rings. The van der Waals surface area contributed by atoms with Gasteiger partial charge in [-0.15, -0.1) is 12.4 Å². The average molecular weight is 337 g/mol. The highest BCUT2D eigenvalue weighted by Crippen LogP contribution is 2.34. The Hall–Kier alpha value is -1.85. The zero-order valence-corrected chi connectivity index (χ0v) is 14.0. The number of rotatable bonds is 4. The van der Waals surface area contributed by atoms with Gasteiger partial charge < -0.3 is 15.0 Å². The summed E-state index contributed by atoms with van der Waals surface area (Å²) in [5.41, 5.74) is 3.16. The Balaban J connectivity index is 0.00000192. The van der Waals surface area contributed by atoms with Crippen molar-refractivity contribution in [1.82, 2.24) is 10.3 Å². The van der Waals surface area contributed by atoms with Crippen molar-refractivity contribution in [2.45, 2.75) is 26.3 Å². The van der Waals surface area contributed by atoms with Gasteiger partial charge in [0.1, 0.15) is 11.7 Å². The van der Waals surface area contributed by atoms with E-state index >= 15 is 0 Å². The zero-order chi connectivity index (χ0) is 15.7. The first-order valence-electron chi connectivity index (χ1n) is 7.63. The van der Waals surface area contributed by atoms with Gasteiger partial charge in [-0.3, -0.25) is 9.59 Å². The molecule has 23 heavy (non-hydrogen) atoms. The fourth-order valence-corrected chi connectivity index (χ4v) is 3.26. The minimum absolute atomic E-state index is 0. The second kappa shape index (κ2) is 7.15. The highest BCUT2D eigenvalue weighted by molar-refractivity contribution is 5.99. The summed E-state index contributed by atoms with van der Waals surface area (Å²) in [4.78, 5) is 27.6. The topological polar surface area (TPSA) is 71.2 Å². The van der Waals surface area contributed by atoms with Crippen LogP contribution in [0.5, 0.6) is 0 Å². The van der Waals surface area contributed by atoms with Gasteiger partial charge in [0.2, 0.25) is 0 Å². The van der Waals surface area contributed by atoms with Crippen molar-refractivity contribution in [3.8, 4) is 0 Å². The number of benzene rings is 1. The van der Waals surface area contributed by atoms with E-state index < -0.39 is 11.9 Å². The Morgan fingerprint density at radius 2 is 2.09 bits per heavy atom. The van der Waals surface area contributed by atoms with Crippen LogP contribution in [0.15, 0.2) is 24.3 Å². The molecule has 5 nitrogen and oxygen atoms in total. The van der Waals surface area contributed by atoms with Crippen LogP contribution < -0.4 is 5.32 Å². The maximum absolute atomic E-state index is 12.2. The third kappa shape index (κ3) is 3.12. The minimum Gasteiger partial charge on any atom is -0.465 e. The van der Waals surface area contributed by atoms with Crippen molar-refractivity contribution >= 4 is 35.1 Å². The van der Waals surface area contributed by atoms with Crippen LogP contribution in [0.25, 0.3) is 10.9 Å². The molecule has 2 aromatic rings. The van der Waals surface area contributed by atoms with Gasteiger partial charge in [-0.05, 0) is 38.4 Å². The molecule has 124 valence electrons. The number of aromatic nitrogens is 1. The molecule has 1 aliphatic heterocycles. The molecule has 1 aromatic heterocycles. The first-order valence-corrected chi connectivity index (χ1v) is 7.63. The maximum atomic E-state index is 12.2. The van der Waals surface area contributed by atoms with Gasteiger partial charge in [0.15, 0.2) is 0 Å². The molecule has 1 aliphatic rings. The molecule has 3 rings (SSSR count). The lowest BCUT2D eigenvalue weighted by Crippen LogP contribution is -2.41. The van der Waals surface area contributed by atoms with Gasteiger partial charge in [0.05, 0.1) is 12.6 Å². The van der Waals surface area contributed by atoms with Gasteiger partial charge in [0.25, 0.3) is 0 Å². The molecule has 0 bridgehead atoms. The van der Waals surface area contributed by atoms with E-state index in [4.69, 9.17) is 4.74 Å². The summed E-state index contributed by atoms with van der Waals surface area (Å²) in [5, 5.41) is 4.47. The normalized spacial score (nSPS) is 17.9. The minimum atomic E-state index is -0.813. The number of esters is 1. The van der Waals surface area contributed by atoms with Crippen LogP contribution in [0.4, 0.5) is 0 Å². The Kier molecular flexibility index (Phi) is 5.44. The van der Waals surface area contributed by atoms with Crippen molar-refractivity contribution < 1.29 is 14.3 Å². The van der Waals surface area contributed by atoms with E-state index in [0.29, 0.717) is 0 Å². The molecule has 0 saturated carbocycles. The third-order valence-electron chi connectivity index (χ3n) is 4.21. The average Bonchev–Trinajstić information content (AvgIpc) is 2.87. The van der Waals surface area contributed by atoms with Crippen LogP contribution >= 0.6 is 12.4 Å². The number of Topliss-reactive ketones (excluding diaryl/α,β-unsaturated/α-hetero) is 1. The summed E-state index contributed by atoms with van der Waals surface area (Å²) in [7, 11) is 0. The van der Waals surface area contributed by atoms with E-state index in [1.54, 1.807) is 6.92 Å². The van der Waals surface area contributed by atoms with Gasteiger partial charge >= 0.3 is 5.97 Å². The molecular weight excluding hydrogens is 316 g/mol. The van der Waals surface area contributed by atoms with Gasteiger partial charge in [0, 0.05) is 16.6 Å². The van der Waals surface area contributed by atoms with Crippen molar-refractivity contribution in [3.63, 3.8) is 0 Å². The van der Waals surface area contributed by atoms with Crippen molar-refractivity contribution in [1.29, 1.82) is 0 Å². The zero-order valence-electron chi connectivity index (χ0n) is 13.2. The second-order valence-corrected chi connectivity index (χ2v) is 5.58. The lowest BCUT2D eigenvalue weighted by Gasteiger charge is -2.29. The van der Waals surface area contributed by atoms with E-state index in [1.807, 2.05) is 18.2 Å². The number of carbonyl (C=O) groups is 2. The molecule has 0 saturated heterocycles. The molecule has 1 aromatic carbocycles. The number of fused-ring (bicyclic) bond motifs is 3. The Bertz CT molecular complexity index is 726.